The van der Waals surface area contributed by atoms with Crippen molar-refractivity contribution in [3.8, 4) is 0 Å². The van der Waals surface area contributed by atoms with Crippen LogP contribution in [0.1, 0.15) is 6.92 Å². The van der Waals surface area contributed by atoms with E-state index in [-0.39, 0.29) is 29.5 Å². The van der Waals surface area contributed by atoms with E-state index >= 15 is 0 Å². The van der Waals surface area contributed by atoms with Gasteiger partial charge in [0, 0.05) is 17.1 Å². The topological polar surface area (TPSA) is 26.0 Å². The molecule has 0 aliphatic carbocycles. The van der Waals surface area contributed by atoms with Crippen molar-refractivity contribution in [2.24, 2.45) is 5.73 Å². The summed E-state index contributed by atoms with van der Waals surface area (Å²) in [7, 11) is 0. The van der Waals surface area contributed by atoms with Crippen LogP contribution in [0.25, 0.3) is 0 Å². The van der Waals surface area contributed by atoms with E-state index in [9.17, 15) is 0 Å². The van der Waals surface area contributed by atoms with Crippen LogP contribution in [0.3, 0.4) is 0 Å². The Hall–Kier alpha value is -0.531. The normalized spacial score (nSPS) is 6.53. The summed E-state index contributed by atoms with van der Waals surface area (Å²) in [5, 5.41) is 0. The van der Waals surface area contributed by atoms with Crippen molar-refractivity contribution >= 4 is 12.4 Å². The van der Waals surface area contributed by atoms with Gasteiger partial charge in [-0.15, -0.1) is 12.4 Å². The van der Waals surface area contributed by atoms with E-state index in [1.54, 1.807) is 0 Å². The molecule has 0 aliphatic heterocycles. The minimum Gasteiger partial charge on any atom is -0.748 e. The van der Waals surface area contributed by atoms with Crippen molar-refractivity contribution in [2.75, 3.05) is 6.54 Å². The Balaban J connectivity index is -0.000000140. The minimum absolute atomic E-state index is 0. The van der Waals surface area contributed by atoms with Gasteiger partial charge in [-0.1, -0.05) is 6.92 Å². The first kappa shape index (κ1) is 20.0. The Labute approximate surface area is 109 Å². The van der Waals surface area contributed by atoms with Gasteiger partial charge in [-0.25, -0.2) is 12.1 Å². The fourth-order valence-corrected chi connectivity index (χ4v) is 0.642. The second-order valence-corrected chi connectivity index (χ2v) is 2.33. The van der Waals surface area contributed by atoms with Crippen LogP contribution in [-0.4, -0.2) is 6.54 Å². The van der Waals surface area contributed by atoms with E-state index < -0.39 is 0 Å². The van der Waals surface area contributed by atoms with E-state index in [0.29, 0.717) is 0 Å². The first-order valence-corrected chi connectivity index (χ1v) is 4.45. The third kappa shape index (κ3) is 19.8. The van der Waals surface area contributed by atoms with Gasteiger partial charge >= 0.3 is 0 Å². The van der Waals surface area contributed by atoms with Crippen molar-refractivity contribution < 1.29 is 17.1 Å². The van der Waals surface area contributed by atoms with Crippen LogP contribution in [0.2, 0.25) is 0 Å². The number of hydrogen-bond donors (Lipinski definition) is 1. The van der Waals surface area contributed by atoms with E-state index in [2.05, 4.69) is 0 Å². The molecule has 92 valence electrons. The molecule has 0 spiro atoms. The molecular weight excluding hydrogens is 249 g/mol. The van der Waals surface area contributed by atoms with Gasteiger partial charge in [0.2, 0.25) is 0 Å². The molecule has 15 heavy (non-hydrogen) atoms. The van der Waals surface area contributed by atoms with Gasteiger partial charge in [-0.3, -0.25) is 0 Å². The fraction of sp³-hybridized carbons (Fsp3) is 0.167. The summed E-state index contributed by atoms with van der Waals surface area (Å²) in [5.74, 6) is 0. The smallest absolute Gasteiger partial charge is 0 e. The van der Waals surface area contributed by atoms with Crippen LogP contribution in [-0.2, 0) is 17.1 Å². The SMILES string of the molecule is CCN.Cl.[Fe].[cH-]1[cH-][cH-][cH-][cH-]1.c1cc[cH-]c1. The molecule has 0 aromatic heterocycles. The quantitative estimate of drug-likeness (QED) is 0.576. The standard InChI is InChI=1S/2C5H5.C2H7N.ClH.Fe/c2*1-2-4-5-3-1;1-2-3;;/h2*1-5H;2-3H2,1H3;1H;/q-5;-1;;;. The number of nitrogens with two attached hydrogens (primary N) is 1. The van der Waals surface area contributed by atoms with E-state index in [1.165, 1.54) is 0 Å². The number of hydrogen-bond acceptors (Lipinski definition) is 1. The average Bonchev–Trinajstić information content (AvgIpc) is 2.85. The van der Waals surface area contributed by atoms with Crippen LogP contribution < -0.4 is 5.73 Å². The maximum atomic E-state index is 4.85. The predicted octanol–water partition coefficient (Wildman–Crippen LogP) is 3.20. The van der Waals surface area contributed by atoms with Gasteiger partial charge in [0.05, 0.1) is 0 Å². The van der Waals surface area contributed by atoms with E-state index in [1.807, 2.05) is 67.6 Å². The van der Waals surface area contributed by atoms with Crippen molar-refractivity contribution in [3.63, 3.8) is 0 Å². The van der Waals surface area contributed by atoms with E-state index in [4.69, 9.17) is 5.73 Å². The van der Waals surface area contributed by atoms with Crippen molar-refractivity contribution in [2.45, 2.75) is 6.92 Å². The molecule has 0 saturated heterocycles. The Morgan fingerprint density at radius 1 is 0.933 bits per heavy atom. The van der Waals surface area contributed by atoms with Gasteiger partial charge in [-0.05, 0) is 6.54 Å². The molecule has 0 fully saturated rings. The molecule has 0 amide bonds. The zero-order valence-corrected chi connectivity index (χ0v) is 10.7. The van der Waals surface area contributed by atoms with Crippen molar-refractivity contribution in [1.82, 2.24) is 0 Å². The van der Waals surface area contributed by atoms with Crippen LogP contribution in [0.4, 0.5) is 0 Å². The first-order chi connectivity index (χ1) is 6.41. The Kier molecular flexibility index (Phi) is 25.4. The zero-order valence-electron chi connectivity index (χ0n) is 8.82. The van der Waals surface area contributed by atoms with Crippen molar-refractivity contribution in [3.05, 3.63) is 60.7 Å². The summed E-state index contributed by atoms with van der Waals surface area (Å²) in [4.78, 5) is 0. The average molecular weight is 268 g/mol. The number of halogens is 1. The monoisotopic (exact) mass is 267 g/mol. The second kappa shape index (κ2) is 19.1. The summed E-state index contributed by atoms with van der Waals surface area (Å²) >= 11 is 0. The van der Waals surface area contributed by atoms with Crippen LogP contribution >= 0.6 is 12.4 Å². The van der Waals surface area contributed by atoms with Gasteiger partial charge < -0.3 is 36.1 Å². The predicted molar refractivity (Wildman–Crippen MR) is 66.0 cm³/mol. The molecule has 0 bridgehead atoms. The third-order valence-electron chi connectivity index (χ3n) is 1.11. The number of rotatable bonds is 0. The molecular formula is C12H18ClFeN-6. The Bertz CT molecular complexity index is 167. The molecule has 0 heterocycles. The third-order valence-corrected chi connectivity index (χ3v) is 1.11. The summed E-state index contributed by atoms with van der Waals surface area (Å²) in [6.07, 6.45) is 0. The van der Waals surface area contributed by atoms with Gasteiger partial charge in [0.15, 0.2) is 0 Å². The summed E-state index contributed by atoms with van der Waals surface area (Å²) in [5.41, 5.74) is 4.85. The summed E-state index contributed by atoms with van der Waals surface area (Å²) < 4.78 is 0. The van der Waals surface area contributed by atoms with Gasteiger partial charge in [0.25, 0.3) is 0 Å². The molecule has 2 aromatic carbocycles. The molecule has 2 aromatic rings. The Morgan fingerprint density at radius 2 is 1.20 bits per heavy atom. The first-order valence-electron chi connectivity index (χ1n) is 4.45. The van der Waals surface area contributed by atoms with Crippen LogP contribution in [0.5, 0.6) is 0 Å². The maximum Gasteiger partial charge on any atom is 0 e. The summed E-state index contributed by atoms with van der Waals surface area (Å²) in [6, 6.07) is 20.0. The second-order valence-electron chi connectivity index (χ2n) is 2.33. The molecule has 0 atom stereocenters. The van der Waals surface area contributed by atoms with Crippen LogP contribution in [0, 0.1) is 0 Å². The summed E-state index contributed by atoms with van der Waals surface area (Å²) in [6.45, 7) is 2.65. The molecule has 1 nitrogen and oxygen atoms in total. The maximum absolute atomic E-state index is 4.85. The van der Waals surface area contributed by atoms with Gasteiger partial charge in [-0.2, -0.15) is 18.2 Å². The minimum atomic E-state index is 0. The van der Waals surface area contributed by atoms with E-state index in [0.717, 1.165) is 6.54 Å². The van der Waals surface area contributed by atoms with Gasteiger partial charge in [0.1, 0.15) is 0 Å². The molecule has 0 saturated carbocycles. The molecule has 0 aliphatic rings. The zero-order chi connectivity index (χ0) is 9.78. The van der Waals surface area contributed by atoms with Crippen molar-refractivity contribution in [1.29, 1.82) is 0 Å². The Morgan fingerprint density at radius 3 is 1.33 bits per heavy atom. The fourth-order valence-electron chi connectivity index (χ4n) is 0.642. The molecule has 0 radical (unpaired) electrons. The van der Waals surface area contributed by atoms with Crippen LogP contribution in [0.15, 0.2) is 60.7 Å². The largest absolute Gasteiger partial charge is 0.748 e. The molecule has 2 N–H and O–H groups in total. The molecule has 0 unspecified atom stereocenters. The molecule has 2 rings (SSSR count). The molecule has 3 heteroatoms.